The Morgan fingerprint density at radius 2 is 1.69 bits per heavy atom. The number of halogens is 1. The van der Waals surface area contributed by atoms with Crippen LogP contribution >= 0.6 is 11.6 Å². The maximum Gasteiger partial charge on any atom is 0.255 e. The third kappa shape index (κ3) is 4.46. The minimum absolute atomic E-state index is 0.000634. The number of hydrogen-bond acceptors (Lipinski definition) is 4. The topological polar surface area (TPSA) is 71.1 Å². The highest BCUT2D eigenvalue weighted by molar-refractivity contribution is 6.31. The molecule has 0 atom stereocenters. The number of carbonyl (C=O) groups excluding carboxylic acids is 2. The number of Topliss-reactive ketones (excluding diaryl/α,β-unsaturated/α-hetero) is 1. The van der Waals surface area contributed by atoms with Crippen molar-refractivity contribution in [2.45, 2.75) is 6.92 Å². The Morgan fingerprint density at radius 3 is 2.38 bits per heavy atom. The molecule has 1 heterocycles. The molecule has 0 radical (unpaired) electrons. The number of carbonyl (C=O) groups is 2. The van der Waals surface area contributed by atoms with Crippen LogP contribution in [0.25, 0.3) is 0 Å². The summed E-state index contributed by atoms with van der Waals surface area (Å²) in [6.07, 6.45) is 1.56. The second-order valence-electron chi connectivity index (χ2n) is 5.66. The van der Waals surface area contributed by atoms with Crippen LogP contribution in [0.4, 0.5) is 17.2 Å². The van der Waals surface area contributed by atoms with Gasteiger partial charge in [0, 0.05) is 21.8 Å². The fourth-order valence-electron chi connectivity index (χ4n) is 2.34. The van der Waals surface area contributed by atoms with E-state index in [1.807, 2.05) is 6.07 Å². The van der Waals surface area contributed by atoms with Gasteiger partial charge in [0.2, 0.25) is 0 Å². The summed E-state index contributed by atoms with van der Waals surface area (Å²) in [6.45, 7) is 1.52. The first-order chi connectivity index (χ1) is 12.5. The van der Waals surface area contributed by atoms with Crippen molar-refractivity contribution in [1.29, 1.82) is 0 Å². The monoisotopic (exact) mass is 365 g/mol. The number of ketones is 1. The van der Waals surface area contributed by atoms with Gasteiger partial charge in [-0.3, -0.25) is 9.59 Å². The molecule has 2 aromatic carbocycles. The molecule has 0 saturated heterocycles. The Hall–Kier alpha value is -3.18. The van der Waals surface area contributed by atoms with Gasteiger partial charge >= 0.3 is 0 Å². The zero-order valence-electron chi connectivity index (χ0n) is 14.0. The quantitative estimate of drug-likeness (QED) is 0.628. The van der Waals surface area contributed by atoms with Crippen molar-refractivity contribution in [3.63, 3.8) is 0 Å². The summed E-state index contributed by atoms with van der Waals surface area (Å²) < 4.78 is 0. The number of amides is 1. The zero-order chi connectivity index (χ0) is 18.5. The summed E-state index contributed by atoms with van der Waals surface area (Å²) in [6, 6.07) is 17.4. The van der Waals surface area contributed by atoms with Crippen LogP contribution in [0.5, 0.6) is 0 Å². The molecule has 0 spiro atoms. The van der Waals surface area contributed by atoms with E-state index in [0.29, 0.717) is 27.7 Å². The molecule has 0 unspecified atom stereocenters. The standard InChI is InChI=1S/C20H16ClN3O2/c1-13(25)14-4-3-7-17(11-14)23-19-9-8-18(12-22-19)24-20(26)15-5-2-6-16(21)10-15/h2-12H,1H3,(H,22,23)(H,24,26). The van der Waals surface area contributed by atoms with Gasteiger partial charge in [-0.2, -0.15) is 0 Å². The lowest BCUT2D eigenvalue weighted by molar-refractivity contribution is 0.101. The number of nitrogens with one attached hydrogen (secondary N) is 2. The Balaban J connectivity index is 1.68. The molecule has 3 rings (SSSR count). The number of pyridine rings is 1. The lowest BCUT2D eigenvalue weighted by Crippen LogP contribution is -2.12. The summed E-state index contributed by atoms with van der Waals surface area (Å²) >= 11 is 5.90. The molecular weight excluding hydrogens is 350 g/mol. The van der Waals surface area contributed by atoms with Crippen molar-refractivity contribution >= 4 is 40.5 Å². The summed E-state index contributed by atoms with van der Waals surface area (Å²) in [5.74, 6) is 0.344. The average Bonchev–Trinajstić information content (AvgIpc) is 2.63. The molecule has 0 saturated carbocycles. The molecule has 6 heteroatoms. The first-order valence-electron chi connectivity index (χ1n) is 7.92. The predicted molar refractivity (Wildman–Crippen MR) is 103 cm³/mol. The van der Waals surface area contributed by atoms with Crippen LogP contribution < -0.4 is 10.6 Å². The van der Waals surface area contributed by atoms with Crippen LogP contribution in [0.15, 0.2) is 66.9 Å². The van der Waals surface area contributed by atoms with Gasteiger partial charge < -0.3 is 10.6 Å². The molecule has 1 aromatic heterocycles. The molecule has 2 N–H and O–H groups in total. The van der Waals surface area contributed by atoms with Gasteiger partial charge in [-0.1, -0.05) is 29.8 Å². The molecule has 0 aliphatic heterocycles. The molecule has 3 aromatic rings. The minimum atomic E-state index is -0.260. The lowest BCUT2D eigenvalue weighted by atomic mass is 10.1. The van der Waals surface area contributed by atoms with Crippen molar-refractivity contribution in [3.8, 4) is 0 Å². The van der Waals surface area contributed by atoms with Crippen LogP contribution in [0.2, 0.25) is 5.02 Å². The third-order valence-electron chi connectivity index (χ3n) is 3.65. The number of hydrogen-bond donors (Lipinski definition) is 2. The number of benzene rings is 2. The Morgan fingerprint density at radius 1 is 0.923 bits per heavy atom. The number of nitrogens with zero attached hydrogens (tertiary/aromatic N) is 1. The molecule has 1 amide bonds. The number of aromatic nitrogens is 1. The minimum Gasteiger partial charge on any atom is -0.340 e. The fraction of sp³-hybridized carbons (Fsp3) is 0.0500. The zero-order valence-corrected chi connectivity index (χ0v) is 14.7. The summed E-state index contributed by atoms with van der Waals surface area (Å²) in [5.41, 5.74) is 2.43. The van der Waals surface area contributed by atoms with Crippen molar-refractivity contribution in [3.05, 3.63) is 83.0 Å². The van der Waals surface area contributed by atoms with Crippen molar-refractivity contribution in [2.24, 2.45) is 0 Å². The second kappa shape index (κ2) is 7.80. The number of rotatable bonds is 5. The average molecular weight is 366 g/mol. The Labute approximate surface area is 156 Å². The first kappa shape index (κ1) is 17.6. The molecule has 5 nitrogen and oxygen atoms in total. The lowest BCUT2D eigenvalue weighted by Gasteiger charge is -2.09. The van der Waals surface area contributed by atoms with Crippen molar-refractivity contribution < 1.29 is 9.59 Å². The molecule has 0 aliphatic rings. The SMILES string of the molecule is CC(=O)c1cccc(Nc2ccc(NC(=O)c3cccc(Cl)c3)cn2)c1. The fourth-order valence-corrected chi connectivity index (χ4v) is 2.53. The summed E-state index contributed by atoms with van der Waals surface area (Å²) in [5, 5.41) is 6.40. The summed E-state index contributed by atoms with van der Waals surface area (Å²) in [7, 11) is 0. The largest absolute Gasteiger partial charge is 0.340 e. The van der Waals surface area contributed by atoms with Gasteiger partial charge in [0.25, 0.3) is 5.91 Å². The highest BCUT2D eigenvalue weighted by Crippen LogP contribution is 2.18. The van der Waals surface area contributed by atoms with Crippen LogP contribution in [0.3, 0.4) is 0 Å². The van der Waals surface area contributed by atoms with E-state index in [9.17, 15) is 9.59 Å². The van der Waals surface area contributed by atoms with Crippen LogP contribution in [-0.2, 0) is 0 Å². The van der Waals surface area contributed by atoms with Gasteiger partial charge in [-0.15, -0.1) is 0 Å². The van der Waals surface area contributed by atoms with Gasteiger partial charge in [0.1, 0.15) is 5.82 Å². The maximum atomic E-state index is 12.2. The highest BCUT2D eigenvalue weighted by atomic mass is 35.5. The first-order valence-corrected chi connectivity index (χ1v) is 8.30. The molecule has 0 aliphatic carbocycles. The number of anilines is 3. The van der Waals surface area contributed by atoms with E-state index in [-0.39, 0.29) is 11.7 Å². The van der Waals surface area contributed by atoms with E-state index < -0.39 is 0 Å². The van der Waals surface area contributed by atoms with Gasteiger partial charge in [0.05, 0.1) is 11.9 Å². The van der Waals surface area contributed by atoms with Crippen molar-refractivity contribution in [1.82, 2.24) is 4.98 Å². The predicted octanol–water partition coefficient (Wildman–Crippen LogP) is 4.93. The molecular formula is C20H16ClN3O2. The Bertz CT molecular complexity index is 955. The molecule has 0 fully saturated rings. The highest BCUT2D eigenvalue weighted by Gasteiger charge is 2.07. The van der Waals surface area contributed by atoms with E-state index in [0.717, 1.165) is 5.69 Å². The Kier molecular flexibility index (Phi) is 5.29. The van der Waals surface area contributed by atoms with E-state index in [1.165, 1.54) is 6.92 Å². The maximum absolute atomic E-state index is 12.2. The third-order valence-corrected chi connectivity index (χ3v) is 3.88. The van der Waals surface area contributed by atoms with Gasteiger partial charge in [-0.25, -0.2) is 4.98 Å². The van der Waals surface area contributed by atoms with Gasteiger partial charge in [-0.05, 0) is 49.4 Å². The molecule has 130 valence electrons. The second-order valence-corrected chi connectivity index (χ2v) is 6.10. The van der Waals surface area contributed by atoms with E-state index in [4.69, 9.17) is 11.6 Å². The van der Waals surface area contributed by atoms with Gasteiger partial charge in [0.15, 0.2) is 5.78 Å². The smallest absolute Gasteiger partial charge is 0.255 e. The van der Waals surface area contributed by atoms with E-state index in [1.54, 1.807) is 60.8 Å². The van der Waals surface area contributed by atoms with Crippen LogP contribution in [-0.4, -0.2) is 16.7 Å². The van der Waals surface area contributed by atoms with E-state index in [2.05, 4.69) is 15.6 Å². The van der Waals surface area contributed by atoms with Crippen LogP contribution in [0.1, 0.15) is 27.6 Å². The molecule has 0 bridgehead atoms. The van der Waals surface area contributed by atoms with Crippen LogP contribution in [0, 0.1) is 0 Å². The summed E-state index contributed by atoms with van der Waals surface area (Å²) in [4.78, 5) is 27.9. The van der Waals surface area contributed by atoms with Crippen molar-refractivity contribution in [2.75, 3.05) is 10.6 Å². The normalized spacial score (nSPS) is 10.2. The molecule has 26 heavy (non-hydrogen) atoms. The van der Waals surface area contributed by atoms with E-state index >= 15 is 0 Å².